The number of hydrogen-bond acceptors (Lipinski definition) is 2. The summed E-state index contributed by atoms with van der Waals surface area (Å²) >= 11 is 5.80. The van der Waals surface area contributed by atoms with E-state index in [1.807, 2.05) is 0 Å². The van der Waals surface area contributed by atoms with Crippen LogP contribution in [0.25, 0.3) is 0 Å². The molecule has 4 nitrogen and oxygen atoms in total. The third-order valence-corrected chi connectivity index (χ3v) is 3.72. The van der Waals surface area contributed by atoms with Crippen molar-refractivity contribution < 1.29 is 4.79 Å². The van der Waals surface area contributed by atoms with Gasteiger partial charge in [-0.1, -0.05) is 18.5 Å². The second-order valence-corrected chi connectivity index (χ2v) is 5.25. The van der Waals surface area contributed by atoms with Crippen LogP contribution in [0.4, 0.5) is 10.5 Å². The Morgan fingerprint density at radius 2 is 1.95 bits per heavy atom. The summed E-state index contributed by atoms with van der Waals surface area (Å²) in [4.78, 5) is 14.2. The number of likely N-dealkylation sites (tertiary alicyclic amines) is 1. The maximum absolute atomic E-state index is 11.8. The first-order valence-corrected chi connectivity index (χ1v) is 7.10. The van der Waals surface area contributed by atoms with E-state index in [1.54, 1.807) is 24.3 Å². The predicted octanol–water partition coefficient (Wildman–Crippen LogP) is 2.95. The highest BCUT2D eigenvalue weighted by atomic mass is 35.5. The molecule has 5 heteroatoms. The number of anilines is 1. The minimum absolute atomic E-state index is 0.141. The summed E-state index contributed by atoms with van der Waals surface area (Å²) in [5.74, 6) is 0. The number of rotatable bonds is 3. The first-order chi connectivity index (χ1) is 9.17. The molecule has 1 aliphatic rings. The molecular weight excluding hydrogens is 262 g/mol. The van der Waals surface area contributed by atoms with Crippen molar-refractivity contribution in [3.8, 4) is 0 Å². The zero-order valence-corrected chi connectivity index (χ0v) is 11.9. The number of urea groups is 1. The van der Waals surface area contributed by atoms with Gasteiger partial charge in [-0.15, -0.1) is 0 Å². The average Bonchev–Trinajstić information content (AvgIpc) is 2.42. The molecule has 0 bridgehead atoms. The molecule has 0 saturated carbocycles. The lowest BCUT2D eigenvalue weighted by Gasteiger charge is -2.31. The molecule has 0 aliphatic carbocycles. The largest absolute Gasteiger partial charge is 0.335 e. The highest BCUT2D eigenvalue weighted by Crippen LogP contribution is 2.14. The zero-order valence-electron chi connectivity index (χ0n) is 11.2. The number of amides is 2. The Labute approximate surface area is 119 Å². The van der Waals surface area contributed by atoms with Gasteiger partial charge >= 0.3 is 6.03 Å². The monoisotopic (exact) mass is 281 g/mol. The van der Waals surface area contributed by atoms with Gasteiger partial charge in [0.1, 0.15) is 0 Å². The standard InChI is InChI=1S/C14H20ClN3O/c1-2-18-9-7-13(8-10-18)17-14(19)16-12-5-3-11(15)4-6-12/h3-6,13H,2,7-10H2,1H3,(H2,16,17,19). The third kappa shape index (κ3) is 4.40. The Hall–Kier alpha value is -1.26. The van der Waals surface area contributed by atoms with Gasteiger partial charge in [0, 0.05) is 29.8 Å². The fourth-order valence-corrected chi connectivity index (χ4v) is 2.41. The van der Waals surface area contributed by atoms with Crippen LogP contribution in [0.5, 0.6) is 0 Å². The van der Waals surface area contributed by atoms with E-state index in [2.05, 4.69) is 22.5 Å². The van der Waals surface area contributed by atoms with Crippen LogP contribution < -0.4 is 10.6 Å². The van der Waals surface area contributed by atoms with Crippen LogP contribution in [-0.2, 0) is 0 Å². The van der Waals surface area contributed by atoms with E-state index in [0.29, 0.717) is 5.02 Å². The van der Waals surface area contributed by atoms with Gasteiger partial charge in [-0.2, -0.15) is 0 Å². The van der Waals surface area contributed by atoms with Gasteiger partial charge in [-0.25, -0.2) is 4.79 Å². The van der Waals surface area contributed by atoms with E-state index in [9.17, 15) is 4.79 Å². The van der Waals surface area contributed by atoms with Crippen molar-refractivity contribution in [1.82, 2.24) is 10.2 Å². The van der Waals surface area contributed by atoms with Gasteiger partial charge in [0.2, 0.25) is 0 Å². The van der Waals surface area contributed by atoms with Crippen molar-refractivity contribution in [2.24, 2.45) is 0 Å². The van der Waals surface area contributed by atoms with E-state index in [0.717, 1.165) is 38.2 Å². The molecule has 1 aromatic carbocycles. The normalized spacial score (nSPS) is 17.2. The molecule has 1 aromatic rings. The summed E-state index contributed by atoms with van der Waals surface area (Å²) in [7, 11) is 0. The number of nitrogens with zero attached hydrogens (tertiary/aromatic N) is 1. The summed E-state index contributed by atoms with van der Waals surface area (Å²) in [6.07, 6.45) is 2.03. The van der Waals surface area contributed by atoms with Crippen LogP contribution in [0.15, 0.2) is 24.3 Å². The molecule has 0 atom stereocenters. The molecular formula is C14H20ClN3O. The summed E-state index contributed by atoms with van der Waals surface area (Å²) in [6, 6.07) is 7.24. The summed E-state index contributed by atoms with van der Waals surface area (Å²) < 4.78 is 0. The number of carbonyl (C=O) groups is 1. The number of hydrogen-bond donors (Lipinski definition) is 2. The number of nitrogens with one attached hydrogen (secondary N) is 2. The number of benzene rings is 1. The van der Waals surface area contributed by atoms with E-state index in [1.165, 1.54) is 0 Å². The molecule has 2 N–H and O–H groups in total. The second-order valence-electron chi connectivity index (χ2n) is 4.81. The van der Waals surface area contributed by atoms with Crippen LogP contribution in [0.2, 0.25) is 5.02 Å². The Balaban J connectivity index is 1.77. The SMILES string of the molecule is CCN1CCC(NC(=O)Nc2ccc(Cl)cc2)CC1. The quantitative estimate of drug-likeness (QED) is 0.895. The molecule has 19 heavy (non-hydrogen) atoms. The van der Waals surface area contributed by atoms with E-state index >= 15 is 0 Å². The lowest BCUT2D eigenvalue weighted by Crippen LogP contribution is -2.45. The smallest absolute Gasteiger partial charge is 0.319 e. The van der Waals surface area contributed by atoms with Crippen molar-refractivity contribution >= 4 is 23.3 Å². The van der Waals surface area contributed by atoms with Crippen molar-refractivity contribution in [3.63, 3.8) is 0 Å². The predicted molar refractivity (Wildman–Crippen MR) is 78.7 cm³/mol. The van der Waals surface area contributed by atoms with Crippen LogP contribution >= 0.6 is 11.6 Å². The van der Waals surface area contributed by atoms with Crippen molar-refractivity contribution in [3.05, 3.63) is 29.3 Å². The summed E-state index contributed by atoms with van der Waals surface area (Å²) in [5, 5.41) is 6.50. The number of piperidine rings is 1. The zero-order chi connectivity index (χ0) is 13.7. The molecule has 1 saturated heterocycles. The summed E-state index contributed by atoms with van der Waals surface area (Å²) in [5.41, 5.74) is 0.757. The van der Waals surface area contributed by atoms with Gasteiger partial charge < -0.3 is 15.5 Å². The third-order valence-electron chi connectivity index (χ3n) is 3.47. The van der Waals surface area contributed by atoms with E-state index < -0.39 is 0 Å². The van der Waals surface area contributed by atoms with E-state index in [-0.39, 0.29) is 12.1 Å². The highest BCUT2D eigenvalue weighted by molar-refractivity contribution is 6.30. The van der Waals surface area contributed by atoms with E-state index in [4.69, 9.17) is 11.6 Å². The molecule has 0 unspecified atom stereocenters. The maximum atomic E-state index is 11.8. The van der Waals surface area contributed by atoms with Crippen LogP contribution in [0, 0.1) is 0 Å². The average molecular weight is 282 g/mol. The molecule has 1 aliphatic heterocycles. The van der Waals surface area contributed by atoms with Gasteiger partial charge in [-0.05, 0) is 43.7 Å². The molecule has 0 spiro atoms. The minimum atomic E-state index is -0.141. The van der Waals surface area contributed by atoms with Gasteiger partial charge in [0.25, 0.3) is 0 Å². The van der Waals surface area contributed by atoms with Crippen molar-refractivity contribution in [1.29, 1.82) is 0 Å². The van der Waals surface area contributed by atoms with Crippen molar-refractivity contribution in [2.45, 2.75) is 25.8 Å². The Morgan fingerprint density at radius 1 is 1.32 bits per heavy atom. The van der Waals surface area contributed by atoms with Gasteiger partial charge in [0.05, 0.1) is 0 Å². The lowest BCUT2D eigenvalue weighted by atomic mass is 10.1. The van der Waals surface area contributed by atoms with Crippen molar-refractivity contribution in [2.75, 3.05) is 25.0 Å². The number of carbonyl (C=O) groups excluding carboxylic acids is 1. The molecule has 2 amide bonds. The first kappa shape index (κ1) is 14.2. The summed E-state index contributed by atoms with van der Waals surface area (Å²) in [6.45, 7) is 5.37. The minimum Gasteiger partial charge on any atom is -0.335 e. The maximum Gasteiger partial charge on any atom is 0.319 e. The molecule has 1 fully saturated rings. The fraction of sp³-hybridized carbons (Fsp3) is 0.500. The van der Waals surface area contributed by atoms with Crippen LogP contribution in [0.3, 0.4) is 0 Å². The first-order valence-electron chi connectivity index (χ1n) is 6.73. The second kappa shape index (κ2) is 6.78. The number of halogens is 1. The molecule has 104 valence electrons. The molecule has 2 rings (SSSR count). The molecule has 1 heterocycles. The topological polar surface area (TPSA) is 44.4 Å². The van der Waals surface area contributed by atoms with Crippen LogP contribution in [-0.4, -0.2) is 36.6 Å². The fourth-order valence-electron chi connectivity index (χ4n) is 2.28. The van der Waals surface area contributed by atoms with Gasteiger partial charge in [-0.3, -0.25) is 0 Å². The molecule has 0 radical (unpaired) electrons. The lowest BCUT2D eigenvalue weighted by molar-refractivity contribution is 0.203. The highest BCUT2D eigenvalue weighted by Gasteiger charge is 2.19. The Bertz CT molecular complexity index is 413. The Kier molecular flexibility index (Phi) is 5.05. The van der Waals surface area contributed by atoms with Crippen LogP contribution in [0.1, 0.15) is 19.8 Å². The molecule has 0 aromatic heterocycles. The van der Waals surface area contributed by atoms with Gasteiger partial charge in [0.15, 0.2) is 0 Å². The Morgan fingerprint density at radius 3 is 2.53 bits per heavy atom.